The van der Waals surface area contributed by atoms with E-state index in [1.165, 1.54) is 7.11 Å². The molecule has 1 heterocycles. The predicted octanol–water partition coefficient (Wildman–Crippen LogP) is 3.64. The zero-order valence-electron chi connectivity index (χ0n) is 10.7. The molecule has 100 valence electrons. The van der Waals surface area contributed by atoms with Crippen molar-refractivity contribution in [2.75, 3.05) is 12.4 Å². The molecule has 4 nitrogen and oxygen atoms in total. The van der Waals surface area contributed by atoms with Gasteiger partial charge in [0, 0.05) is 5.02 Å². The van der Waals surface area contributed by atoms with Crippen LogP contribution in [0.4, 0.5) is 5.69 Å². The van der Waals surface area contributed by atoms with Gasteiger partial charge in [-0.2, -0.15) is 0 Å². The Morgan fingerprint density at radius 3 is 2.84 bits per heavy atom. The number of rotatable bonds is 4. The van der Waals surface area contributed by atoms with E-state index in [1.54, 1.807) is 24.5 Å². The van der Waals surface area contributed by atoms with Crippen LogP contribution in [0.5, 0.6) is 0 Å². The zero-order chi connectivity index (χ0) is 13.8. The lowest BCUT2D eigenvalue weighted by Gasteiger charge is -2.10. The number of hydrogen-bond acceptors (Lipinski definition) is 4. The van der Waals surface area contributed by atoms with E-state index in [0.717, 1.165) is 11.3 Å². The molecule has 19 heavy (non-hydrogen) atoms. The lowest BCUT2D eigenvalue weighted by Crippen LogP contribution is -2.08. The van der Waals surface area contributed by atoms with Crippen LogP contribution in [0.25, 0.3) is 0 Å². The fourth-order valence-electron chi connectivity index (χ4n) is 1.71. The number of carbonyl (C=O) groups is 1. The molecule has 2 rings (SSSR count). The molecule has 1 aromatic heterocycles. The summed E-state index contributed by atoms with van der Waals surface area (Å²) < 4.78 is 10.1. The Labute approximate surface area is 116 Å². The van der Waals surface area contributed by atoms with Crippen molar-refractivity contribution in [1.82, 2.24) is 0 Å². The molecular formula is C14H14ClNO3. The summed E-state index contributed by atoms with van der Waals surface area (Å²) in [5.41, 5.74) is 2.11. The van der Waals surface area contributed by atoms with Crippen molar-refractivity contribution in [3.05, 3.63) is 52.4 Å². The van der Waals surface area contributed by atoms with Crippen molar-refractivity contribution in [3.8, 4) is 0 Å². The molecule has 0 unspecified atom stereocenters. The Morgan fingerprint density at radius 1 is 1.42 bits per heavy atom. The highest BCUT2D eigenvalue weighted by Crippen LogP contribution is 2.23. The average molecular weight is 280 g/mol. The topological polar surface area (TPSA) is 51.5 Å². The summed E-state index contributed by atoms with van der Waals surface area (Å²) in [7, 11) is 1.34. The Kier molecular flexibility index (Phi) is 4.12. The number of aryl methyl sites for hydroxylation is 1. The summed E-state index contributed by atoms with van der Waals surface area (Å²) in [6.07, 6.45) is 1.63. The summed E-state index contributed by atoms with van der Waals surface area (Å²) in [5, 5.41) is 3.68. The van der Waals surface area contributed by atoms with E-state index in [-0.39, 0.29) is 0 Å². The second-order valence-electron chi connectivity index (χ2n) is 4.06. The molecule has 0 aliphatic heterocycles. The number of benzene rings is 1. The first-order valence-electron chi connectivity index (χ1n) is 5.76. The highest BCUT2D eigenvalue weighted by atomic mass is 35.5. The van der Waals surface area contributed by atoms with E-state index in [1.807, 2.05) is 13.0 Å². The molecule has 0 saturated heterocycles. The Morgan fingerprint density at radius 2 is 2.21 bits per heavy atom. The third-order valence-corrected chi connectivity index (χ3v) is 3.03. The number of esters is 1. The van der Waals surface area contributed by atoms with Crippen LogP contribution in [0.15, 0.2) is 34.9 Å². The summed E-state index contributed by atoms with van der Waals surface area (Å²) >= 11 is 5.94. The molecular weight excluding hydrogens is 266 g/mol. The lowest BCUT2D eigenvalue weighted by atomic mass is 10.1. The molecule has 2 aromatic rings. The molecule has 0 amide bonds. The van der Waals surface area contributed by atoms with Crippen LogP contribution in [0.2, 0.25) is 5.02 Å². The summed E-state index contributed by atoms with van der Waals surface area (Å²) in [6, 6.07) is 6.85. The number of anilines is 1. The lowest BCUT2D eigenvalue weighted by molar-refractivity contribution is 0.0602. The highest BCUT2D eigenvalue weighted by Gasteiger charge is 2.12. The van der Waals surface area contributed by atoms with E-state index in [0.29, 0.717) is 22.8 Å². The molecule has 0 spiro atoms. The van der Waals surface area contributed by atoms with Crippen LogP contribution in [0.1, 0.15) is 21.7 Å². The van der Waals surface area contributed by atoms with Crippen LogP contribution in [0, 0.1) is 6.92 Å². The molecule has 1 N–H and O–H groups in total. The molecule has 0 atom stereocenters. The largest absolute Gasteiger partial charge is 0.467 e. The smallest absolute Gasteiger partial charge is 0.339 e. The van der Waals surface area contributed by atoms with Crippen molar-refractivity contribution in [3.63, 3.8) is 0 Å². The molecule has 5 heteroatoms. The van der Waals surface area contributed by atoms with Crippen LogP contribution in [-0.4, -0.2) is 13.1 Å². The molecule has 0 aliphatic rings. The number of ether oxygens (including phenoxy) is 1. The number of methoxy groups -OCH3 is 1. The summed E-state index contributed by atoms with van der Waals surface area (Å²) in [6.45, 7) is 2.43. The minimum absolute atomic E-state index is 0.407. The Balaban J connectivity index is 2.21. The van der Waals surface area contributed by atoms with Gasteiger partial charge in [-0.15, -0.1) is 0 Å². The Bertz CT molecular complexity index is 592. The number of carbonyl (C=O) groups excluding carboxylic acids is 1. The first-order chi connectivity index (χ1) is 9.11. The van der Waals surface area contributed by atoms with Crippen LogP contribution in [0.3, 0.4) is 0 Å². The molecule has 0 fully saturated rings. The monoisotopic (exact) mass is 279 g/mol. The van der Waals surface area contributed by atoms with E-state index >= 15 is 0 Å². The predicted molar refractivity (Wildman–Crippen MR) is 73.6 cm³/mol. The maximum atomic E-state index is 11.6. The quantitative estimate of drug-likeness (QED) is 0.868. The normalized spacial score (nSPS) is 10.3. The fraction of sp³-hybridized carbons (Fsp3) is 0.214. The summed E-state index contributed by atoms with van der Waals surface area (Å²) in [4.78, 5) is 11.6. The van der Waals surface area contributed by atoms with Gasteiger partial charge in [-0.05, 0) is 36.8 Å². The van der Waals surface area contributed by atoms with Gasteiger partial charge in [0.25, 0.3) is 0 Å². The maximum absolute atomic E-state index is 11.6. The van der Waals surface area contributed by atoms with Crippen LogP contribution < -0.4 is 5.32 Å². The van der Waals surface area contributed by atoms with Gasteiger partial charge in [0.15, 0.2) is 0 Å². The molecule has 0 bridgehead atoms. The second kappa shape index (κ2) is 5.80. The van der Waals surface area contributed by atoms with E-state index in [9.17, 15) is 4.79 Å². The first-order valence-corrected chi connectivity index (χ1v) is 6.14. The molecule has 0 radical (unpaired) electrons. The van der Waals surface area contributed by atoms with Gasteiger partial charge in [0.1, 0.15) is 5.76 Å². The molecule has 1 aromatic carbocycles. The molecule has 0 saturated carbocycles. The number of nitrogens with one attached hydrogen (secondary N) is 1. The van der Waals surface area contributed by atoms with E-state index in [2.05, 4.69) is 5.32 Å². The average Bonchev–Trinajstić information content (AvgIpc) is 2.81. The van der Waals surface area contributed by atoms with Crippen molar-refractivity contribution in [2.24, 2.45) is 0 Å². The van der Waals surface area contributed by atoms with Crippen molar-refractivity contribution < 1.29 is 13.9 Å². The number of hydrogen-bond donors (Lipinski definition) is 1. The van der Waals surface area contributed by atoms with Crippen molar-refractivity contribution >= 4 is 23.3 Å². The molecule has 0 aliphatic carbocycles. The number of furan rings is 1. The highest BCUT2D eigenvalue weighted by molar-refractivity contribution is 6.31. The van der Waals surface area contributed by atoms with Crippen molar-refractivity contribution in [2.45, 2.75) is 13.5 Å². The standard InChI is InChI=1S/C14H14ClNO3/c1-9-5-6-19-13(9)8-16-12-7-10(15)3-4-11(12)14(17)18-2/h3-7,16H,8H2,1-2H3. The van der Waals surface area contributed by atoms with E-state index in [4.69, 9.17) is 20.8 Å². The van der Waals surface area contributed by atoms with Gasteiger partial charge in [-0.25, -0.2) is 4.79 Å². The van der Waals surface area contributed by atoms with Gasteiger partial charge in [-0.3, -0.25) is 0 Å². The minimum atomic E-state index is -0.407. The zero-order valence-corrected chi connectivity index (χ0v) is 11.5. The minimum Gasteiger partial charge on any atom is -0.467 e. The third-order valence-electron chi connectivity index (χ3n) is 2.79. The first kappa shape index (κ1) is 13.5. The van der Waals surface area contributed by atoms with Gasteiger partial charge in [0.05, 0.1) is 31.2 Å². The van der Waals surface area contributed by atoms with Gasteiger partial charge < -0.3 is 14.5 Å². The van der Waals surface area contributed by atoms with Gasteiger partial charge >= 0.3 is 5.97 Å². The fourth-order valence-corrected chi connectivity index (χ4v) is 1.88. The van der Waals surface area contributed by atoms with E-state index < -0.39 is 5.97 Å². The maximum Gasteiger partial charge on any atom is 0.339 e. The SMILES string of the molecule is COC(=O)c1ccc(Cl)cc1NCc1occc1C. The van der Waals surface area contributed by atoms with Crippen LogP contribution >= 0.6 is 11.6 Å². The van der Waals surface area contributed by atoms with Gasteiger partial charge in [0.2, 0.25) is 0 Å². The van der Waals surface area contributed by atoms with Gasteiger partial charge in [-0.1, -0.05) is 11.6 Å². The Hall–Kier alpha value is -1.94. The van der Waals surface area contributed by atoms with Crippen LogP contribution in [-0.2, 0) is 11.3 Å². The number of halogens is 1. The second-order valence-corrected chi connectivity index (χ2v) is 4.50. The third kappa shape index (κ3) is 3.09. The summed E-state index contributed by atoms with van der Waals surface area (Å²) in [5.74, 6) is 0.408. The van der Waals surface area contributed by atoms with Crippen molar-refractivity contribution in [1.29, 1.82) is 0 Å².